The van der Waals surface area contributed by atoms with Crippen LogP contribution in [0.3, 0.4) is 0 Å². The zero-order valence-electron chi connectivity index (χ0n) is 32.9. The molecule has 0 aromatic heterocycles. The minimum Gasteiger partial charge on any atom is -0.393 e. The van der Waals surface area contributed by atoms with Crippen molar-refractivity contribution in [3.05, 3.63) is 90.0 Å². The van der Waals surface area contributed by atoms with E-state index in [2.05, 4.69) is 12.2 Å². The van der Waals surface area contributed by atoms with Gasteiger partial charge in [-0.25, -0.2) is 0 Å². The number of ketones is 2. The van der Waals surface area contributed by atoms with E-state index in [1.807, 2.05) is 49.4 Å². The number of carbonyl (C=O) groups is 5. The number of fused-ring (bicyclic) bond motifs is 5. The highest BCUT2D eigenvalue weighted by molar-refractivity contribution is 7.99. The molecule has 9 atom stereocenters. The first-order valence-corrected chi connectivity index (χ1v) is 21.4. The minimum absolute atomic E-state index is 0.0149. The quantitative estimate of drug-likeness (QED) is 0.157. The number of Topliss-reactive ketones (excluding diaryl/α,β-unsaturated/α-hetero) is 1. The lowest BCUT2D eigenvalue weighted by molar-refractivity contribution is -0.167. The van der Waals surface area contributed by atoms with E-state index in [0.29, 0.717) is 43.5 Å². The van der Waals surface area contributed by atoms with Gasteiger partial charge in [0, 0.05) is 57.0 Å². The zero-order valence-corrected chi connectivity index (χ0v) is 33.7. The van der Waals surface area contributed by atoms with E-state index < -0.39 is 41.9 Å². The largest absolute Gasteiger partial charge is 0.393 e. The van der Waals surface area contributed by atoms with Crippen LogP contribution in [0.15, 0.2) is 94.3 Å². The molecule has 0 radical (unpaired) electrons. The minimum atomic E-state index is -1.32. The first-order valence-electron chi connectivity index (χ1n) is 20.6. The van der Waals surface area contributed by atoms with Crippen molar-refractivity contribution in [2.75, 3.05) is 18.5 Å². The van der Waals surface area contributed by atoms with E-state index in [9.17, 15) is 39.3 Å². The maximum absolute atomic E-state index is 13.5. The maximum atomic E-state index is 13.5. The summed E-state index contributed by atoms with van der Waals surface area (Å²) in [5, 5.41) is 36.3. The van der Waals surface area contributed by atoms with Gasteiger partial charge in [-0.1, -0.05) is 55.5 Å². The molecule has 4 N–H and O–H groups in total. The van der Waals surface area contributed by atoms with Crippen LogP contribution in [-0.4, -0.2) is 74.9 Å². The Bertz CT molecular complexity index is 2050. The van der Waals surface area contributed by atoms with Crippen LogP contribution in [0.1, 0.15) is 77.1 Å². The lowest BCUT2D eigenvalue weighted by atomic mass is 9.46. The number of allylic oxidation sites excluding steroid dienone is 4. The van der Waals surface area contributed by atoms with Crippen molar-refractivity contribution < 1.29 is 44.0 Å². The lowest BCUT2D eigenvalue weighted by Gasteiger charge is -2.58. The lowest BCUT2D eigenvalue weighted by Crippen LogP contribution is -2.56. The molecule has 3 amide bonds. The van der Waals surface area contributed by atoms with E-state index in [0.717, 1.165) is 41.0 Å². The summed E-state index contributed by atoms with van der Waals surface area (Å²) in [7, 11) is 0. The van der Waals surface area contributed by atoms with Gasteiger partial charge in [-0.15, -0.1) is 0 Å². The molecule has 0 saturated heterocycles. The molecule has 0 spiro atoms. The van der Waals surface area contributed by atoms with Crippen molar-refractivity contribution in [1.29, 1.82) is 0 Å². The van der Waals surface area contributed by atoms with Crippen LogP contribution in [0, 0.1) is 46.3 Å². The van der Waals surface area contributed by atoms with Gasteiger partial charge in [0.05, 0.1) is 18.1 Å². The first-order chi connectivity index (χ1) is 27.8. The molecule has 5 aliphatic carbocycles. The fourth-order valence-corrected chi connectivity index (χ4v) is 12.4. The molecule has 6 aliphatic rings. The summed E-state index contributed by atoms with van der Waals surface area (Å²) < 4.78 is 6.35. The van der Waals surface area contributed by atoms with Gasteiger partial charge in [0.15, 0.2) is 17.9 Å². The summed E-state index contributed by atoms with van der Waals surface area (Å²) in [5.74, 6) is -1.64. The van der Waals surface area contributed by atoms with Crippen molar-refractivity contribution in [2.24, 2.45) is 46.3 Å². The molecule has 1 aliphatic heterocycles. The molecule has 58 heavy (non-hydrogen) atoms. The van der Waals surface area contributed by atoms with Crippen molar-refractivity contribution >= 4 is 46.7 Å². The van der Waals surface area contributed by atoms with Crippen LogP contribution < -0.4 is 5.32 Å². The predicted octanol–water partition coefficient (Wildman–Crippen LogP) is 5.95. The van der Waals surface area contributed by atoms with Crippen LogP contribution in [0.4, 0.5) is 5.69 Å². The standard InChI is InChI=1S/C46H52N2O9S/c1-45-19-18-31(50)20-29(45)12-15-34-35-22-38(42(37(52)25-49)46(35,2)23-36(51)41(34)45)57-44(56)28-10-13-32(14-11-28)58-33-5-3-4-30(21-33)47-43(55)27-8-6-26(7-9-27)24-48-39(53)16-17-40(48)54/h3-5,10-11,13-14,16-21,26-27,34-36,38,41-42,44,49,51,56H,6-9,12,15,22-25H2,1-2H3,(H,47,55)/t26?,27?,34-,35?,36?,38?,41?,42-,44-,45-,46-/m0/s1. The third-order valence-electron chi connectivity index (χ3n) is 14.4. The van der Waals surface area contributed by atoms with Crippen LogP contribution in [0.25, 0.3) is 0 Å². The normalized spacial score (nSPS) is 34.6. The van der Waals surface area contributed by atoms with Crippen LogP contribution in [0.2, 0.25) is 0 Å². The van der Waals surface area contributed by atoms with Gasteiger partial charge in [0.2, 0.25) is 5.91 Å². The second kappa shape index (κ2) is 16.1. The van der Waals surface area contributed by atoms with Gasteiger partial charge in [0.1, 0.15) is 6.61 Å². The second-order valence-corrected chi connectivity index (χ2v) is 18.8. The summed E-state index contributed by atoms with van der Waals surface area (Å²) in [6, 6.07) is 15.0. The van der Waals surface area contributed by atoms with E-state index in [1.165, 1.54) is 28.8 Å². The molecule has 12 heteroatoms. The average molecular weight is 809 g/mol. The highest BCUT2D eigenvalue weighted by Gasteiger charge is 2.65. The summed E-state index contributed by atoms with van der Waals surface area (Å²) >= 11 is 1.51. The molecule has 2 aromatic carbocycles. The first kappa shape index (κ1) is 40.6. The highest BCUT2D eigenvalue weighted by Crippen LogP contribution is 2.66. The van der Waals surface area contributed by atoms with Gasteiger partial charge < -0.3 is 25.4 Å². The fraction of sp³-hybridized carbons (Fsp3) is 0.500. The molecule has 4 saturated carbocycles. The second-order valence-electron chi connectivity index (χ2n) is 17.7. The number of ether oxygens (including phenoxy) is 1. The van der Waals surface area contributed by atoms with Gasteiger partial charge in [-0.05, 0) is 117 Å². The number of carbonyl (C=O) groups excluding carboxylic acids is 5. The predicted molar refractivity (Wildman–Crippen MR) is 216 cm³/mol. The Morgan fingerprint density at radius 2 is 1.69 bits per heavy atom. The highest BCUT2D eigenvalue weighted by atomic mass is 32.2. The van der Waals surface area contributed by atoms with E-state index in [-0.39, 0.29) is 58.9 Å². The number of nitrogens with one attached hydrogen (secondary N) is 1. The van der Waals surface area contributed by atoms with Gasteiger partial charge in [-0.3, -0.25) is 28.9 Å². The number of hydrogen-bond donors (Lipinski definition) is 4. The molecule has 0 bridgehead atoms. The van der Waals surface area contributed by atoms with Crippen molar-refractivity contribution in [3.63, 3.8) is 0 Å². The summed E-state index contributed by atoms with van der Waals surface area (Å²) in [6.45, 7) is 3.88. The topological polar surface area (TPSA) is 171 Å². The number of aliphatic hydroxyl groups excluding tert-OH is 3. The maximum Gasteiger partial charge on any atom is 0.253 e. The Hall–Kier alpha value is -4.20. The summed E-state index contributed by atoms with van der Waals surface area (Å²) in [5.41, 5.74) is 1.18. The van der Waals surface area contributed by atoms with Crippen LogP contribution >= 0.6 is 11.8 Å². The Kier molecular flexibility index (Phi) is 11.3. The van der Waals surface area contributed by atoms with E-state index in [4.69, 9.17) is 4.74 Å². The molecule has 2 aromatic rings. The molecule has 306 valence electrons. The Morgan fingerprint density at radius 3 is 2.40 bits per heavy atom. The van der Waals surface area contributed by atoms with Gasteiger partial charge in [-0.2, -0.15) is 0 Å². The number of nitrogens with zero attached hydrogens (tertiary/aromatic N) is 1. The van der Waals surface area contributed by atoms with Gasteiger partial charge in [0.25, 0.3) is 11.8 Å². The molecular formula is C46H52N2O9S. The molecule has 4 fully saturated rings. The van der Waals surface area contributed by atoms with Crippen molar-refractivity contribution in [2.45, 2.75) is 93.5 Å². The smallest absolute Gasteiger partial charge is 0.253 e. The SMILES string of the molecule is C[C@]12C=CC(=O)C=C1CC[C@@H]1C2C(O)C[C@@]2(C)C1CC(O[C@H](O)c1ccc(Sc3cccc(NC(=O)C4CCC(CN5C(=O)C=CC5=O)CC4)c3)cc1)[C@@H]2C(=O)CO. The Labute approximate surface area is 343 Å². The number of imide groups is 1. The molecule has 1 heterocycles. The number of aliphatic hydroxyl groups is 3. The van der Waals surface area contributed by atoms with Crippen molar-refractivity contribution in [1.82, 2.24) is 4.90 Å². The van der Waals surface area contributed by atoms with Crippen LogP contribution in [0.5, 0.6) is 0 Å². The average Bonchev–Trinajstić information content (AvgIpc) is 3.68. The number of hydrogen-bond acceptors (Lipinski definition) is 10. The third-order valence-corrected chi connectivity index (χ3v) is 15.4. The molecular weight excluding hydrogens is 757 g/mol. The third kappa shape index (κ3) is 7.58. The fourth-order valence-electron chi connectivity index (χ4n) is 11.6. The number of benzene rings is 2. The monoisotopic (exact) mass is 808 g/mol. The molecule has 8 rings (SSSR count). The zero-order chi connectivity index (χ0) is 40.9. The summed E-state index contributed by atoms with van der Waals surface area (Å²) in [4.78, 5) is 65.9. The molecule has 4 unspecified atom stereocenters. The number of rotatable bonds is 11. The van der Waals surface area contributed by atoms with E-state index >= 15 is 0 Å². The Morgan fingerprint density at radius 1 is 0.966 bits per heavy atom. The van der Waals surface area contributed by atoms with E-state index in [1.54, 1.807) is 24.3 Å². The van der Waals surface area contributed by atoms with Gasteiger partial charge >= 0.3 is 0 Å². The number of amides is 3. The Balaban J connectivity index is 0.882. The van der Waals surface area contributed by atoms with Crippen molar-refractivity contribution in [3.8, 4) is 0 Å². The number of anilines is 1. The van der Waals surface area contributed by atoms with Crippen LogP contribution in [-0.2, 0) is 28.7 Å². The summed E-state index contributed by atoms with van der Waals surface area (Å²) in [6.07, 6.45) is 10.5. The molecule has 11 nitrogen and oxygen atoms in total.